The molecule has 2 aromatic rings. The molecule has 0 aromatic carbocycles. The van der Waals surface area contributed by atoms with E-state index in [4.69, 9.17) is 10.3 Å². The van der Waals surface area contributed by atoms with E-state index in [9.17, 15) is 4.79 Å². The fraction of sp³-hybridized carbons (Fsp3) is 0.462. The smallest absolute Gasteiger partial charge is 0.263 e. The Balaban J connectivity index is 1.88. The Morgan fingerprint density at radius 2 is 2.29 bits per heavy atom. The van der Waals surface area contributed by atoms with Crippen LogP contribution < -0.4 is 16.4 Å². The monoisotopic (exact) mass is 309 g/mol. The summed E-state index contributed by atoms with van der Waals surface area (Å²) in [6.45, 7) is 5.06. The van der Waals surface area contributed by atoms with Crippen molar-refractivity contribution < 1.29 is 9.32 Å². The maximum absolute atomic E-state index is 11.9. The summed E-state index contributed by atoms with van der Waals surface area (Å²) >= 11 is 1.35. The molecule has 0 fully saturated rings. The van der Waals surface area contributed by atoms with Crippen LogP contribution in [-0.4, -0.2) is 29.1 Å². The molecule has 114 valence electrons. The van der Waals surface area contributed by atoms with Gasteiger partial charge in [0.25, 0.3) is 5.91 Å². The second-order valence-electron chi connectivity index (χ2n) is 4.56. The number of aryl methyl sites for hydroxylation is 1. The minimum absolute atomic E-state index is 0.124. The van der Waals surface area contributed by atoms with Crippen LogP contribution in [0.2, 0.25) is 0 Å². The zero-order valence-corrected chi connectivity index (χ0v) is 12.9. The Kier molecular flexibility index (Phi) is 5.15. The van der Waals surface area contributed by atoms with Crippen molar-refractivity contribution in [3.05, 3.63) is 22.7 Å². The SMILES string of the molecule is CCCNC(=O)c1sc(NCCc2noc(C)n2)cc1N. The molecule has 2 heterocycles. The molecule has 0 saturated carbocycles. The molecule has 0 atom stereocenters. The summed E-state index contributed by atoms with van der Waals surface area (Å²) in [5.74, 6) is 1.09. The molecule has 0 saturated heterocycles. The molecular weight excluding hydrogens is 290 g/mol. The topological polar surface area (TPSA) is 106 Å². The number of nitrogens with one attached hydrogen (secondary N) is 2. The number of rotatable bonds is 7. The highest BCUT2D eigenvalue weighted by Gasteiger charge is 2.13. The number of anilines is 2. The summed E-state index contributed by atoms with van der Waals surface area (Å²) in [4.78, 5) is 16.6. The van der Waals surface area contributed by atoms with Gasteiger partial charge >= 0.3 is 0 Å². The Hall–Kier alpha value is -2.09. The van der Waals surface area contributed by atoms with Gasteiger partial charge in [0, 0.05) is 26.4 Å². The average molecular weight is 309 g/mol. The highest BCUT2D eigenvalue weighted by molar-refractivity contribution is 7.18. The molecule has 7 nitrogen and oxygen atoms in total. The second kappa shape index (κ2) is 7.07. The number of thiophene rings is 1. The summed E-state index contributed by atoms with van der Waals surface area (Å²) in [6, 6.07) is 1.77. The van der Waals surface area contributed by atoms with Crippen LogP contribution in [0.5, 0.6) is 0 Å². The third-order valence-electron chi connectivity index (χ3n) is 2.72. The number of aromatic nitrogens is 2. The number of carbonyl (C=O) groups is 1. The lowest BCUT2D eigenvalue weighted by Gasteiger charge is -2.01. The lowest BCUT2D eigenvalue weighted by Crippen LogP contribution is -2.23. The second-order valence-corrected chi connectivity index (χ2v) is 5.61. The minimum Gasteiger partial charge on any atom is -0.397 e. The number of nitrogens with zero attached hydrogens (tertiary/aromatic N) is 2. The average Bonchev–Trinajstić information content (AvgIpc) is 3.02. The molecule has 1 amide bonds. The molecule has 8 heteroatoms. The van der Waals surface area contributed by atoms with E-state index < -0.39 is 0 Å². The summed E-state index contributed by atoms with van der Waals surface area (Å²) in [5, 5.41) is 10.7. The van der Waals surface area contributed by atoms with E-state index in [0.29, 0.717) is 41.8 Å². The first kappa shape index (κ1) is 15.3. The minimum atomic E-state index is -0.124. The third-order valence-corrected chi connectivity index (χ3v) is 3.83. The van der Waals surface area contributed by atoms with Crippen molar-refractivity contribution in [2.75, 3.05) is 24.1 Å². The molecule has 2 aromatic heterocycles. The van der Waals surface area contributed by atoms with Gasteiger partial charge in [0.15, 0.2) is 5.82 Å². The molecule has 21 heavy (non-hydrogen) atoms. The van der Waals surface area contributed by atoms with Gasteiger partial charge in [-0.1, -0.05) is 12.1 Å². The molecule has 0 unspecified atom stereocenters. The first-order valence-corrected chi connectivity index (χ1v) is 7.62. The summed E-state index contributed by atoms with van der Waals surface area (Å²) in [6.07, 6.45) is 1.54. The molecule has 0 aliphatic carbocycles. The van der Waals surface area contributed by atoms with Crippen LogP contribution >= 0.6 is 11.3 Å². The number of nitrogens with two attached hydrogens (primary N) is 1. The normalized spacial score (nSPS) is 10.6. The van der Waals surface area contributed by atoms with Crippen molar-refractivity contribution in [2.24, 2.45) is 0 Å². The van der Waals surface area contributed by atoms with Gasteiger partial charge in [-0.3, -0.25) is 4.79 Å². The van der Waals surface area contributed by atoms with Crippen molar-refractivity contribution >= 4 is 27.9 Å². The van der Waals surface area contributed by atoms with Crippen molar-refractivity contribution in [3.63, 3.8) is 0 Å². The highest BCUT2D eigenvalue weighted by Crippen LogP contribution is 2.29. The summed E-state index contributed by atoms with van der Waals surface area (Å²) in [7, 11) is 0. The van der Waals surface area contributed by atoms with Crippen LogP contribution in [0.15, 0.2) is 10.6 Å². The number of hydrogen-bond acceptors (Lipinski definition) is 7. The number of carbonyl (C=O) groups excluding carboxylic acids is 1. The summed E-state index contributed by atoms with van der Waals surface area (Å²) in [5.41, 5.74) is 6.36. The van der Waals surface area contributed by atoms with Crippen molar-refractivity contribution in [1.82, 2.24) is 15.5 Å². The zero-order valence-electron chi connectivity index (χ0n) is 12.1. The lowest BCUT2D eigenvalue weighted by atomic mass is 10.3. The number of hydrogen-bond donors (Lipinski definition) is 3. The third kappa shape index (κ3) is 4.19. The van der Waals surface area contributed by atoms with Gasteiger partial charge in [0.05, 0.1) is 10.7 Å². The van der Waals surface area contributed by atoms with Gasteiger partial charge in [-0.05, 0) is 12.5 Å². The Morgan fingerprint density at radius 3 is 2.95 bits per heavy atom. The fourth-order valence-electron chi connectivity index (χ4n) is 1.73. The lowest BCUT2D eigenvalue weighted by molar-refractivity contribution is 0.0958. The van der Waals surface area contributed by atoms with Gasteiger partial charge in [-0.15, -0.1) is 11.3 Å². The number of amides is 1. The Labute approximate surface area is 126 Å². The quantitative estimate of drug-likeness (QED) is 0.720. The van der Waals surface area contributed by atoms with E-state index in [1.807, 2.05) is 6.92 Å². The van der Waals surface area contributed by atoms with Crippen LogP contribution in [0.1, 0.15) is 34.7 Å². The van der Waals surface area contributed by atoms with E-state index in [2.05, 4.69) is 20.8 Å². The van der Waals surface area contributed by atoms with Gasteiger partial charge in [0.1, 0.15) is 4.88 Å². The predicted octanol–water partition coefficient (Wildman–Crippen LogP) is 1.82. The molecule has 0 aliphatic rings. The molecule has 0 aliphatic heterocycles. The highest BCUT2D eigenvalue weighted by atomic mass is 32.1. The molecule has 2 rings (SSSR count). The molecule has 0 radical (unpaired) electrons. The maximum atomic E-state index is 11.9. The van der Waals surface area contributed by atoms with E-state index in [0.717, 1.165) is 11.4 Å². The van der Waals surface area contributed by atoms with Gasteiger partial charge in [0.2, 0.25) is 5.89 Å². The van der Waals surface area contributed by atoms with Crippen LogP contribution in [-0.2, 0) is 6.42 Å². The van der Waals surface area contributed by atoms with Gasteiger partial charge in [-0.2, -0.15) is 4.98 Å². The molecule has 0 bridgehead atoms. The van der Waals surface area contributed by atoms with Gasteiger partial charge in [-0.25, -0.2) is 0 Å². The predicted molar refractivity (Wildman–Crippen MR) is 82.6 cm³/mol. The van der Waals surface area contributed by atoms with E-state index in [1.165, 1.54) is 11.3 Å². The van der Waals surface area contributed by atoms with Gasteiger partial charge < -0.3 is 20.9 Å². The van der Waals surface area contributed by atoms with Crippen LogP contribution in [0.25, 0.3) is 0 Å². The fourth-order valence-corrected chi connectivity index (χ4v) is 2.65. The number of nitrogen functional groups attached to an aromatic ring is 1. The Morgan fingerprint density at radius 1 is 1.48 bits per heavy atom. The van der Waals surface area contributed by atoms with E-state index in [-0.39, 0.29) is 5.91 Å². The van der Waals surface area contributed by atoms with E-state index >= 15 is 0 Å². The van der Waals surface area contributed by atoms with Crippen LogP contribution in [0, 0.1) is 6.92 Å². The first-order valence-electron chi connectivity index (χ1n) is 6.80. The van der Waals surface area contributed by atoms with Crippen molar-refractivity contribution in [1.29, 1.82) is 0 Å². The van der Waals surface area contributed by atoms with Crippen molar-refractivity contribution in [3.8, 4) is 0 Å². The molecular formula is C13H19N5O2S. The van der Waals surface area contributed by atoms with E-state index in [1.54, 1.807) is 13.0 Å². The maximum Gasteiger partial charge on any atom is 0.263 e. The largest absolute Gasteiger partial charge is 0.397 e. The van der Waals surface area contributed by atoms with Crippen molar-refractivity contribution in [2.45, 2.75) is 26.7 Å². The standard InChI is InChI=1S/C13H19N5O2S/c1-3-5-16-13(19)12-9(14)7-11(21-12)15-6-4-10-17-8(2)20-18-10/h7,15H,3-6,14H2,1-2H3,(H,16,19). The molecule has 4 N–H and O–H groups in total. The summed E-state index contributed by atoms with van der Waals surface area (Å²) < 4.78 is 4.90. The van der Waals surface area contributed by atoms with Crippen LogP contribution in [0.3, 0.4) is 0 Å². The zero-order chi connectivity index (χ0) is 15.2. The van der Waals surface area contributed by atoms with Crippen LogP contribution in [0.4, 0.5) is 10.7 Å². The Bertz CT molecular complexity index is 607. The first-order chi connectivity index (χ1) is 10.1. The molecule has 0 spiro atoms.